The molecule has 0 spiro atoms. The number of ether oxygens (including phenoxy) is 1. The molecule has 0 bridgehead atoms. The number of nitrogens with zero attached hydrogens (tertiary/aromatic N) is 1. The summed E-state index contributed by atoms with van der Waals surface area (Å²) in [6, 6.07) is 5.64. The minimum Gasteiger partial charge on any atom is -0.497 e. The van der Waals surface area contributed by atoms with Crippen LogP contribution >= 0.6 is 0 Å². The van der Waals surface area contributed by atoms with Crippen LogP contribution in [0, 0.1) is 13.8 Å². The van der Waals surface area contributed by atoms with E-state index in [0.717, 1.165) is 28.5 Å². The fourth-order valence-electron chi connectivity index (χ4n) is 2.25. The summed E-state index contributed by atoms with van der Waals surface area (Å²) in [6.45, 7) is 5.90. The van der Waals surface area contributed by atoms with Gasteiger partial charge in [0.25, 0.3) is 0 Å². The first-order valence-electron chi connectivity index (χ1n) is 6.15. The molecule has 3 N–H and O–H groups in total. The van der Waals surface area contributed by atoms with E-state index in [1.165, 1.54) is 0 Å². The molecule has 0 saturated carbocycles. The molecule has 1 unspecified atom stereocenters. The number of anilines is 2. The van der Waals surface area contributed by atoms with E-state index in [0.29, 0.717) is 5.69 Å². The summed E-state index contributed by atoms with van der Waals surface area (Å²) in [5, 5.41) is 7.35. The first-order chi connectivity index (χ1) is 9.01. The van der Waals surface area contributed by atoms with Crippen molar-refractivity contribution in [2.75, 3.05) is 18.2 Å². The van der Waals surface area contributed by atoms with Crippen LogP contribution in [0.3, 0.4) is 0 Å². The number of hydrogen-bond acceptors (Lipinski definition) is 5. The Morgan fingerprint density at radius 1 is 1.32 bits per heavy atom. The van der Waals surface area contributed by atoms with E-state index in [9.17, 15) is 0 Å². The van der Waals surface area contributed by atoms with Crippen LogP contribution in [0.1, 0.15) is 30.0 Å². The van der Waals surface area contributed by atoms with Crippen LogP contribution in [0.4, 0.5) is 11.4 Å². The third-order valence-electron chi connectivity index (χ3n) is 3.07. The second-order valence-electron chi connectivity index (χ2n) is 4.60. The maximum absolute atomic E-state index is 5.84. The number of nitrogens with one attached hydrogen (secondary N) is 1. The molecular weight excluding hydrogens is 242 g/mol. The molecule has 5 nitrogen and oxygen atoms in total. The number of benzene rings is 1. The van der Waals surface area contributed by atoms with Gasteiger partial charge in [-0.05, 0) is 26.8 Å². The van der Waals surface area contributed by atoms with Gasteiger partial charge in [0.1, 0.15) is 11.5 Å². The van der Waals surface area contributed by atoms with Crippen LogP contribution in [-0.4, -0.2) is 12.3 Å². The second kappa shape index (κ2) is 5.22. The Hall–Kier alpha value is -2.17. The summed E-state index contributed by atoms with van der Waals surface area (Å²) in [5.74, 6) is 1.56. The van der Waals surface area contributed by atoms with Crippen molar-refractivity contribution in [3.05, 3.63) is 35.2 Å². The van der Waals surface area contributed by atoms with Crippen molar-refractivity contribution >= 4 is 11.4 Å². The van der Waals surface area contributed by atoms with Gasteiger partial charge >= 0.3 is 0 Å². The molecular formula is C14H19N3O2. The number of aromatic nitrogens is 1. The van der Waals surface area contributed by atoms with Crippen molar-refractivity contribution in [2.45, 2.75) is 26.8 Å². The lowest BCUT2D eigenvalue weighted by Gasteiger charge is -2.16. The zero-order valence-electron chi connectivity index (χ0n) is 11.7. The first-order valence-corrected chi connectivity index (χ1v) is 6.15. The zero-order chi connectivity index (χ0) is 14.0. The molecule has 2 aromatic rings. The minimum absolute atomic E-state index is 0.0813. The highest BCUT2D eigenvalue weighted by atomic mass is 16.5. The van der Waals surface area contributed by atoms with E-state index in [4.69, 9.17) is 15.0 Å². The third kappa shape index (κ3) is 2.81. The van der Waals surface area contributed by atoms with Crippen LogP contribution in [0.15, 0.2) is 22.7 Å². The summed E-state index contributed by atoms with van der Waals surface area (Å²) in [6.07, 6.45) is 0. The van der Waals surface area contributed by atoms with Gasteiger partial charge < -0.3 is 20.3 Å². The van der Waals surface area contributed by atoms with Gasteiger partial charge in [0.05, 0.1) is 18.8 Å². The first kappa shape index (κ1) is 13.3. The van der Waals surface area contributed by atoms with Gasteiger partial charge in [0, 0.05) is 29.1 Å². The normalized spacial score (nSPS) is 12.2. The predicted molar refractivity (Wildman–Crippen MR) is 75.4 cm³/mol. The maximum Gasteiger partial charge on any atom is 0.139 e. The zero-order valence-corrected chi connectivity index (χ0v) is 11.7. The number of nitrogen functional groups attached to an aromatic ring is 1. The van der Waals surface area contributed by atoms with Gasteiger partial charge in [-0.25, -0.2) is 0 Å². The maximum atomic E-state index is 5.84. The topological polar surface area (TPSA) is 73.3 Å². The van der Waals surface area contributed by atoms with Gasteiger partial charge in [0.15, 0.2) is 0 Å². The van der Waals surface area contributed by atoms with Gasteiger partial charge in [0.2, 0.25) is 0 Å². The van der Waals surface area contributed by atoms with Gasteiger partial charge in [-0.15, -0.1) is 0 Å². The quantitative estimate of drug-likeness (QED) is 0.827. The van der Waals surface area contributed by atoms with Crippen molar-refractivity contribution in [2.24, 2.45) is 0 Å². The van der Waals surface area contributed by atoms with E-state index in [1.54, 1.807) is 13.2 Å². The van der Waals surface area contributed by atoms with Crippen LogP contribution in [0.5, 0.6) is 5.75 Å². The van der Waals surface area contributed by atoms with E-state index >= 15 is 0 Å². The highest BCUT2D eigenvalue weighted by molar-refractivity contribution is 5.60. The van der Waals surface area contributed by atoms with E-state index in [1.807, 2.05) is 26.0 Å². The smallest absolute Gasteiger partial charge is 0.139 e. The Morgan fingerprint density at radius 2 is 2.05 bits per heavy atom. The van der Waals surface area contributed by atoms with Crippen molar-refractivity contribution in [3.63, 3.8) is 0 Å². The molecule has 2 rings (SSSR count). The third-order valence-corrected chi connectivity index (χ3v) is 3.07. The predicted octanol–water partition coefficient (Wildman–Crippen LogP) is 3.06. The standard InChI is InChI=1S/C14H19N3O2/c1-8(14-9(2)17-19-10(14)3)16-12-5-11(15)6-13(7-12)18-4/h5-8,16H,15H2,1-4H3. The van der Waals surface area contributed by atoms with E-state index in [-0.39, 0.29) is 6.04 Å². The average molecular weight is 261 g/mol. The monoisotopic (exact) mass is 261 g/mol. The number of hydrogen-bond donors (Lipinski definition) is 2. The molecule has 0 amide bonds. The van der Waals surface area contributed by atoms with Crippen LogP contribution in [0.25, 0.3) is 0 Å². The number of aryl methyl sites for hydroxylation is 2. The average Bonchev–Trinajstić information content (AvgIpc) is 2.68. The Bertz CT molecular complexity index is 559. The molecule has 102 valence electrons. The number of rotatable bonds is 4. The molecule has 1 atom stereocenters. The SMILES string of the molecule is COc1cc(N)cc(NC(C)c2c(C)noc2C)c1. The Morgan fingerprint density at radius 3 is 2.63 bits per heavy atom. The van der Waals surface area contributed by atoms with Crippen LogP contribution in [0.2, 0.25) is 0 Å². The van der Waals surface area contributed by atoms with Crippen molar-refractivity contribution in [3.8, 4) is 5.75 Å². The largest absolute Gasteiger partial charge is 0.497 e. The number of methoxy groups -OCH3 is 1. The Labute approximate surface area is 112 Å². The summed E-state index contributed by atoms with van der Waals surface area (Å²) >= 11 is 0. The molecule has 5 heteroatoms. The molecule has 1 aromatic heterocycles. The minimum atomic E-state index is 0.0813. The highest BCUT2D eigenvalue weighted by Crippen LogP contribution is 2.28. The van der Waals surface area contributed by atoms with E-state index < -0.39 is 0 Å². The second-order valence-corrected chi connectivity index (χ2v) is 4.60. The van der Waals surface area contributed by atoms with Gasteiger partial charge in [-0.1, -0.05) is 5.16 Å². The molecule has 0 aliphatic carbocycles. The Kier molecular flexibility index (Phi) is 3.64. The fourth-order valence-corrected chi connectivity index (χ4v) is 2.25. The van der Waals surface area contributed by atoms with Gasteiger partial charge in [-0.3, -0.25) is 0 Å². The highest BCUT2D eigenvalue weighted by Gasteiger charge is 2.16. The van der Waals surface area contributed by atoms with Crippen LogP contribution < -0.4 is 15.8 Å². The molecule has 0 fully saturated rings. The summed E-state index contributed by atoms with van der Waals surface area (Å²) < 4.78 is 10.4. The molecule has 0 radical (unpaired) electrons. The fraction of sp³-hybridized carbons (Fsp3) is 0.357. The summed E-state index contributed by atoms with van der Waals surface area (Å²) in [7, 11) is 1.62. The van der Waals surface area contributed by atoms with Crippen molar-refractivity contribution in [1.29, 1.82) is 0 Å². The molecule has 0 aliphatic rings. The molecule has 19 heavy (non-hydrogen) atoms. The lowest BCUT2D eigenvalue weighted by Crippen LogP contribution is -2.08. The van der Waals surface area contributed by atoms with Crippen molar-refractivity contribution in [1.82, 2.24) is 5.16 Å². The Balaban J connectivity index is 2.24. The lowest BCUT2D eigenvalue weighted by atomic mass is 10.1. The van der Waals surface area contributed by atoms with Gasteiger partial charge in [-0.2, -0.15) is 0 Å². The lowest BCUT2D eigenvalue weighted by molar-refractivity contribution is 0.392. The van der Waals surface area contributed by atoms with Crippen molar-refractivity contribution < 1.29 is 9.26 Å². The summed E-state index contributed by atoms with van der Waals surface area (Å²) in [5.41, 5.74) is 9.37. The summed E-state index contributed by atoms with van der Waals surface area (Å²) in [4.78, 5) is 0. The molecule has 0 saturated heterocycles. The molecule has 1 aromatic carbocycles. The molecule has 0 aliphatic heterocycles. The number of nitrogens with two attached hydrogens (primary N) is 1. The van der Waals surface area contributed by atoms with E-state index in [2.05, 4.69) is 17.4 Å². The van der Waals surface area contributed by atoms with Crippen LogP contribution in [-0.2, 0) is 0 Å². The molecule has 1 heterocycles.